The molecule has 0 heterocycles. The molecule has 2 aromatic carbocycles. The molecule has 0 unspecified atom stereocenters. The summed E-state index contributed by atoms with van der Waals surface area (Å²) in [7, 11) is -3.21. The number of benzene rings is 2. The average molecular weight is 398 g/mol. The van der Waals surface area contributed by atoms with Gasteiger partial charge >= 0.3 is 6.18 Å². The molecule has 0 amide bonds. The molecule has 0 aliphatic heterocycles. The summed E-state index contributed by atoms with van der Waals surface area (Å²) in [5.74, 6) is 0.0162. The topological polar surface area (TPSA) is 34.1 Å². The summed E-state index contributed by atoms with van der Waals surface area (Å²) in [6, 6.07) is 12.8. The summed E-state index contributed by atoms with van der Waals surface area (Å²) in [4.78, 5) is 0. The highest BCUT2D eigenvalue weighted by molar-refractivity contribution is 7.91. The minimum absolute atomic E-state index is 0.0162. The van der Waals surface area contributed by atoms with Crippen LogP contribution in [0.25, 0.3) is 0 Å². The lowest BCUT2D eigenvalue weighted by Crippen LogP contribution is -2.29. The zero-order chi connectivity index (χ0) is 20.3. The van der Waals surface area contributed by atoms with Crippen molar-refractivity contribution < 1.29 is 21.6 Å². The van der Waals surface area contributed by atoms with Gasteiger partial charge in [0.2, 0.25) is 0 Å². The third-order valence-corrected chi connectivity index (χ3v) is 7.10. The standard InChI is InChI=1S/C21H25F3O2S/c1-20(2,3)27(25,26)15-18-9-7-16(8-10-18)5-4-6-17-11-13-19(14-12-17)21(22,23)24/h7-14H,4-6,15H2,1-3H3. The molecule has 27 heavy (non-hydrogen) atoms. The number of sulfone groups is 1. The van der Waals surface area contributed by atoms with Crippen LogP contribution in [0.15, 0.2) is 48.5 Å². The van der Waals surface area contributed by atoms with Crippen molar-refractivity contribution in [2.24, 2.45) is 0 Å². The fourth-order valence-electron chi connectivity index (χ4n) is 2.60. The van der Waals surface area contributed by atoms with E-state index in [1.54, 1.807) is 20.8 Å². The lowest BCUT2D eigenvalue weighted by atomic mass is 10.0. The van der Waals surface area contributed by atoms with Crippen LogP contribution in [0.5, 0.6) is 0 Å². The monoisotopic (exact) mass is 398 g/mol. The van der Waals surface area contributed by atoms with Crippen molar-refractivity contribution in [3.63, 3.8) is 0 Å². The minimum atomic E-state index is -4.30. The lowest BCUT2D eigenvalue weighted by molar-refractivity contribution is -0.137. The highest BCUT2D eigenvalue weighted by atomic mass is 32.2. The molecule has 0 aliphatic rings. The summed E-state index contributed by atoms with van der Waals surface area (Å²) in [6.07, 6.45) is -2.02. The second kappa shape index (κ2) is 8.05. The molecular weight excluding hydrogens is 373 g/mol. The van der Waals surface area contributed by atoms with Crippen LogP contribution < -0.4 is 0 Å². The summed E-state index contributed by atoms with van der Waals surface area (Å²) >= 11 is 0. The number of alkyl halides is 3. The lowest BCUT2D eigenvalue weighted by Gasteiger charge is -2.19. The Morgan fingerprint density at radius 2 is 1.15 bits per heavy atom. The molecule has 148 valence electrons. The molecule has 2 aromatic rings. The molecule has 2 rings (SSSR count). The Balaban J connectivity index is 1.89. The second-order valence-electron chi connectivity index (χ2n) is 7.74. The first kappa shape index (κ1) is 21.5. The maximum absolute atomic E-state index is 12.6. The van der Waals surface area contributed by atoms with Gasteiger partial charge in [-0.1, -0.05) is 36.4 Å². The van der Waals surface area contributed by atoms with Gasteiger partial charge in [0.25, 0.3) is 0 Å². The first-order valence-electron chi connectivity index (χ1n) is 8.85. The van der Waals surface area contributed by atoms with Crippen LogP contribution >= 0.6 is 0 Å². The van der Waals surface area contributed by atoms with Gasteiger partial charge < -0.3 is 0 Å². The summed E-state index contributed by atoms with van der Waals surface area (Å²) in [6.45, 7) is 5.08. The van der Waals surface area contributed by atoms with Gasteiger partial charge in [-0.3, -0.25) is 0 Å². The van der Waals surface area contributed by atoms with Gasteiger partial charge in [0.1, 0.15) is 0 Å². The zero-order valence-corrected chi connectivity index (χ0v) is 16.6. The van der Waals surface area contributed by atoms with Crippen LogP contribution in [0, 0.1) is 0 Å². The smallest absolute Gasteiger partial charge is 0.228 e. The third kappa shape index (κ3) is 6.09. The van der Waals surface area contributed by atoms with Crippen LogP contribution in [0.2, 0.25) is 0 Å². The van der Waals surface area contributed by atoms with E-state index in [1.807, 2.05) is 24.3 Å². The van der Waals surface area contributed by atoms with Crippen molar-refractivity contribution in [2.75, 3.05) is 0 Å². The van der Waals surface area contributed by atoms with E-state index >= 15 is 0 Å². The van der Waals surface area contributed by atoms with Crippen LogP contribution in [0.4, 0.5) is 13.2 Å². The van der Waals surface area contributed by atoms with E-state index in [9.17, 15) is 21.6 Å². The fraction of sp³-hybridized carbons (Fsp3) is 0.429. The Morgan fingerprint density at radius 1 is 0.741 bits per heavy atom. The molecule has 0 aliphatic carbocycles. The molecular formula is C21H25F3O2S. The van der Waals surface area contributed by atoms with Crippen molar-refractivity contribution in [3.8, 4) is 0 Å². The molecule has 2 nitrogen and oxygen atoms in total. The first-order valence-corrected chi connectivity index (χ1v) is 10.5. The molecule has 0 spiro atoms. The molecule has 0 fully saturated rings. The highest BCUT2D eigenvalue weighted by Gasteiger charge is 2.30. The number of hydrogen-bond acceptors (Lipinski definition) is 2. The molecule has 0 N–H and O–H groups in total. The predicted octanol–water partition coefficient (Wildman–Crippen LogP) is 5.59. The van der Waals surface area contributed by atoms with Crippen LogP contribution in [-0.2, 0) is 34.6 Å². The van der Waals surface area contributed by atoms with Crippen LogP contribution in [0.1, 0.15) is 49.4 Å². The average Bonchev–Trinajstić information content (AvgIpc) is 2.55. The van der Waals surface area contributed by atoms with E-state index in [0.29, 0.717) is 6.42 Å². The van der Waals surface area contributed by atoms with Gasteiger partial charge in [-0.05, 0) is 68.9 Å². The summed E-state index contributed by atoms with van der Waals surface area (Å²) in [5, 5.41) is 0. The van der Waals surface area contributed by atoms with Crippen molar-refractivity contribution in [2.45, 2.75) is 56.7 Å². The van der Waals surface area contributed by atoms with Gasteiger partial charge in [-0.25, -0.2) is 8.42 Å². The van der Waals surface area contributed by atoms with E-state index in [4.69, 9.17) is 0 Å². The number of rotatable bonds is 6. The normalized spacial score (nSPS) is 13.0. The van der Waals surface area contributed by atoms with Crippen molar-refractivity contribution >= 4 is 9.84 Å². The van der Waals surface area contributed by atoms with Gasteiger partial charge in [0.15, 0.2) is 9.84 Å². The molecule has 0 atom stereocenters. The molecule has 0 saturated carbocycles. The Hall–Kier alpha value is -1.82. The van der Waals surface area contributed by atoms with Gasteiger partial charge in [0, 0.05) is 0 Å². The molecule has 0 aromatic heterocycles. The summed E-state index contributed by atoms with van der Waals surface area (Å²) in [5.41, 5.74) is 2.08. The molecule has 0 bridgehead atoms. The Kier molecular flexibility index (Phi) is 6.40. The van der Waals surface area contributed by atoms with Crippen molar-refractivity contribution in [3.05, 3.63) is 70.8 Å². The first-order chi connectivity index (χ1) is 12.4. The largest absolute Gasteiger partial charge is 0.416 e. The number of aryl methyl sites for hydroxylation is 2. The van der Waals surface area contributed by atoms with E-state index in [1.165, 1.54) is 12.1 Å². The summed E-state index contributed by atoms with van der Waals surface area (Å²) < 4.78 is 61.4. The van der Waals surface area contributed by atoms with E-state index in [2.05, 4.69) is 0 Å². The highest BCUT2D eigenvalue weighted by Crippen LogP contribution is 2.29. The van der Waals surface area contributed by atoms with Crippen LogP contribution in [0.3, 0.4) is 0 Å². The predicted molar refractivity (Wildman–Crippen MR) is 102 cm³/mol. The van der Waals surface area contributed by atoms with Crippen molar-refractivity contribution in [1.82, 2.24) is 0 Å². The van der Waals surface area contributed by atoms with Gasteiger partial charge in [-0.2, -0.15) is 13.2 Å². The maximum atomic E-state index is 12.6. The Morgan fingerprint density at radius 3 is 1.56 bits per heavy atom. The molecule has 0 saturated heterocycles. The van der Waals surface area contributed by atoms with E-state index in [-0.39, 0.29) is 5.75 Å². The molecule has 6 heteroatoms. The van der Waals surface area contributed by atoms with E-state index < -0.39 is 26.3 Å². The zero-order valence-electron chi connectivity index (χ0n) is 15.8. The maximum Gasteiger partial charge on any atom is 0.416 e. The van der Waals surface area contributed by atoms with Gasteiger partial charge in [0.05, 0.1) is 16.1 Å². The number of halogens is 3. The number of hydrogen-bond donors (Lipinski definition) is 0. The minimum Gasteiger partial charge on any atom is -0.228 e. The SMILES string of the molecule is CC(C)(C)S(=O)(=O)Cc1ccc(CCCc2ccc(C(F)(F)F)cc2)cc1. The third-order valence-electron chi connectivity index (χ3n) is 4.52. The van der Waals surface area contributed by atoms with Crippen LogP contribution in [-0.4, -0.2) is 13.2 Å². The van der Waals surface area contributed by atoms with Gasteiger partial charge in [-0.15, -0.1) is 0 Å². The molecule has 0 radical (unpaired) electrons. The van der Waals surface area contributed by atoms with Crippen molar-refractivity contribution in [1.29, 1.82) is 0 Å². The van der Waals surface area contributed by atoms with E-state index in [0.717, 1.165) is 41.7 Å². The fourth-order valence-corrected chi connectivity index (χ4v) is 3.66. The quantitative estimate of drug-likeness (QED) is 0.635. The Bertz CT molecular complexity index is 844. The second-order valence-corrected chi connectivity index (χ2v) is 10.5. The Labute approximate surface area is 159 Å².